The molecule has 1 saturated carbocycles. The van der Waals surface area contributed by atoms with Crippen LogP contribution in [-0.4, -0.2) is 43.7 Å². The van der Waals surface area contributed by atoms with Gasteiger partial charge in [0.1, 0.15) is 6.04 Å². The number of halogens is 2. The molecule has 6 nitrogen and oxygen atoms in total. The summed E-state index contributed by atoms with van der Waals surface area (Å²) in [7, 11) is 0. The molecule has 1 unspecified atom stereocenters. The van der Waals surface area contributed by atoms with Crippen molar-refractivity contribution in [3.05, 3.63) is 46.2 Å². The zero-order valence-corrected chi connectivity index (χ0v) is 14.3. The van der Waals surface area contributed by atoms with Crippen LogP contribution in [0.3, 0.4) is 0 Å². The molecule has 1 heterocycles. The van der Waals surface area contributed by atoms with Gasteiger partial charge >= 0.3 is 5.97 Å². The van der Waals surface area contributed by atoms with Gasteiger partial charge in [-0.15, -0.1) is 0 Å². The zero-order chi connectivity index (χ0) is 17.4. The van der Waals surface area contributed by atoms with Gasteiger partial charge in [0.05, 0.1) is 10.7 Å². The Morgan fingerprint density at radius 1 is 1.33 bits per heavy atom. The Morgan fingerprint density at radius 3 is 2.62 bits per heavy atom. The molecule has 8 heteroatoms. The largest absolute Gasteiger partial charge is 0.480 e. The summed E-state index contributed by atoms with van der Waals surface area (Å²) in [6, 6.07) is 5.59. The number of benzene rings is 1. The molecule has 1 aliphatic carbocycles. The number of carboxylic acids is 1. The third-order valence-electron chi connectivity index (χ3n) is 3.91. The Kier molecular flexibility index (Phi) is 4.51. The maximum atomic E-state index is 12.7. The van der Waals surface area contributed by atoms with Gasteiger partial charge in [0.2, 0.25) is 0 Å². The van der Waals surface area contributed by atoms with E-state index in [1.165, 1.54) is 16.5 Å². The Bertz CT molecular complexity index is 802. The van der Waals surface area contributed by atoms with Crippen LogP contribution in [0.4, 0.5) is 0 Å². The number of nitrogens with zero attached hydrogens (tertiary/aromatic N) is 3. The topological polar surface area (TPSA) is 75.4 Å². The Morgan fingerprint density at radius 2 is 2.04 bits per heavy atom. The Hall–Kier alpha value is -2.05. The quantitative estimate of drug-likeness (QED) is 0.879. The highest BCUT2D eigenvalue weighted by molar-refractivity contribution is 6.35. The standard InChI is InChI=1S/C16H15Cl2N3O3/c1-9(16(23)24)21(11-3-4-11)15(22)13-6-7-20(19-13)14-5-2-10(17)8-12(14)18/h2,5-9,11H,3-4H2,1H3,(H,23,24). The molecule has 3 rings (SSSR count). The molecule has 1 N–H and O–H groups in total. The molecule has 0 bridgehead atoms. The second-order valence-electron chi connectivity index (χ2n) is 5.70. The minimum atomic E-state index is -1.03. The van der Waals surface area contributed by atoms with Crippen LogP contribution in [0.15, 0.2) is 30.5 Å². The monoisotopic (exact) mass is 367 g/mol. The molecule has 0 spiro atoms. The van der Waals surface area contributed by atoms with Crippen LogP contribution in [0.1, 0.15) is 30.3 Å². The van der Waals surface area contributed by atoms with Crippen LogP contribution in [0, 0.1) is 0 Å². The summed E-state index contributed by atoms with van der Waals surface area (Å²) in [6.07, 6.45) is 3.24. The fourth-order valence-electron chi connectivity index (χ4n) is 2.50. The molecule has 1 amide bonds. The van der Waals surface area contributed by atoms with Gasteiger partial charge in [-0.3, -0.25) is 4.79 Å². The first-order valence-electron chi connectivity index (χ1n) is 7.45. The fourth-order valence-corrected chi connectivity index (χ4v) is 3.00. The maximum absolute atomic E-state index is 12.7. The van der Waals surface area contributed by atoms with Crippen LogP contribution in [0.5, 0.6) is 0 Å². The van der Waals surface area contributed by atoms with E-state index in [-0.39, 0.29) is 11.7 Å². The Balaban J connectivity index is 1.89. The van der Waals surface area contributed by atoms with Crippen molar-refractivity contribution in [1.82, 2.24) is 14.7 Å². The lowest BCUT2D eigenvalue weighted by molar-refractivity contribution is -0.141. The normalized spacial score (nSPS) is 15.1. The van der Waals surface area contributed by atoms with Gasteiger partial charge in [-0.05, 0) is 44.0 Å². The number of aromatic nitrogens is 2. The molecule has 1 aromatic heterocycles. The smallest absolute Gasteiger partial charge is 0.326 e. The summed E-state index contributed by atoms with van der Waals surface area (Å²) in [6.45, 7) is 1.51. The van der Waals surface area contributed by atoms with E-state index in [0.717, 1.165) is 12.8 Å². The number of rotatable bonds is 5. The van der Waals surface area contributed by atoms with Gasteiger partial charge in [-0.2, -0.15) is 5.10 Å². The average Bonchev–Trinajstić information content (AvgIpc) is 3.23. The van der Waals surface area contributed by atoms with E-state index in [4.69, 9.17) is 23.2 Å². The highest BCUT2D eigenvalue weighted by atomic mass is 35.5. The second-order valence-corrected chi connectivity index (χ2v) is 6.54. The van der Waals surface area contributed by atoms with Gasteiger partial charge in [-0.1, -0.05) is 23.2 Å². The number of amides is 1. The summed E-state index contributed by atoms with van der Waals surface area (Å²) >= 11 is 12.0. The lowest BCUT2D eigenvalue weighted by Gasteiger charge is -2.25. The minimum absolute atomic E-state index is 0.0344. The van der Waals surface area contributed by atoms with Gasteiger partial charge in [0.25, 0.3) is 5.91 Å². The highest BCUT2D eigenvalue weighted by Gasteiger charge is 2.39. The van der Waals surface area contributed by atoms with E-state index < -0.39 is 17.9 Å². The molecule has 1 aliphatic rings. The molecule has 126 valence electrons. The molecular weight excluding hydrogens is 353 g/mol. The molecule has 0 saturated heterocycles. The number of carbonyl (C=O) groups is 2. The van der Waals surface area contributed by atoms with E-state index in [1.807, 2.05) is 0 Å². The van der Waals surface area contributed by atoms with Crippen LogP contribution >= 0.6 is 23.2 Å². The van der Waals surface area contributed by atoms with Crippen LogP contribution in [0.2, 0.25) is 10.0 Å². The first-order chi connectivity index (χ1) is 11.4. The maximum Gasteiger partial charge on any atom is 0.326 e. The van der Waals surface area contributed by atoms with Crippen molar-refractivity contribution < 1.29 is 14.7 Å². The van der Waals surface area contributed by atoms with E-state index in [9.17, 15) is 14.7 Å². The van der Waals surface area contributed by atoms with Crippen molar-refractivity contribution in [3.8, 4) is 5.69 Å². The van der Waals surface area contributed by atoms with Crippen molar-refractivity contribution in [1.29, 1.82) is 0 Å². The second kappa shape index (κ2) is 6.45. The van der Waals surface area contributed by atoms with E-state index >= 15 is 0 Å². The van der Waals surface area contributed by atoms with E-state index in [1.54, 1.807) is 30.5 Å². The van der Waals surface area contributed by atoms with E-state index in [2.05, 4.69) is 5.10 Å². The van der Waals surface area contributed by atoms with Crippen molar-refractivity contribution in [2.24, 2.45) is 0 Å². The summed E-state index contributed by atoms with van der Waals surface area (Å²) < 4.78 is 1.47. The van der Waals surface area contributed by atoms with Gasteiger partial charge in [-0.25, -0.2) is 9.48 Å². The van der Waals surface area contributed by atoms with Crippen LogP contribution in [0.25, 0.3) is 5.69 Å². The first-order valence-corrected chi connectivity index (χ1v) is 8.20. The SMILES string of the molecule is CC(C(=O)O)N(C(=O)c1ccn(-c2ccc(Cl)cc2Cl)n1)C1CC1. The first kappa shape index (κ1) is 16.8. The molecule has 1 atom stereocenters. The summed E-state index contributed by atoms with van der Waals surface area (Å²) in [5, 5.41) is 14.4. The molecular formula is C16H15Cl2N3O3. The molecule has 1 aromatic carbocycles. The van der Waals surface area contributed by atoms with Crippen molar-refractivity contribution >= 4 is 35.1 Å². The molecule has 1 fully saturated rings. The highest BCUT2D eigenvalue weighted by Crippen LogP contribution is 2.30. The number of hydrogen-bond acceptors (Lipinski definition) is 3. The van der Waals surface area contributed by atoms with E-state index in [0.29, 0.717) is 15.7 Å². The average molecular weight is 368 g/mol. The number of carbonyl (C=O) groups excluding carboxylic acids is 1. The summed E-state index contributed by atoms with van der Waals surface area (Å²) in [5.74, 6) is -1.42. The number of hydrogen-bond donors (Lipinski definition) is 1. The van der Waals surface area contributed by atoms with Gasteiger partial charge < -0.3 is 10.0 Å². The fraction of sp³-hybridized carbons (Fsp3) is 0.312. The molecule has 0 aliphatic heterocycles. The summed E-state index contributed by atoms with van der Waals surface area (Å²) in [5.41, 5.74) is 0.769. The van der Waals surface area contributed by atoms with Crippen molar-refractivity contribution in [2.45, 2.75) is 31.8 Å². The third-order valence-corrected chi connectivity index (χ3v) is 4.45. The summed E-state index contributed by atoms with van der Waals surface area (Å²) in [4.78, 5) is 25.3. The number of carboxylic acid groups (broad SMARTS) is 1. The van der Waals surface area contributed by atoms with Gasteiger partial charge in [0, 0.05) is 17.3 Å². The predicted molar refractivity (Wildman–Crippen MR) is 89.9 cm³/mol. The lowest BCUT2D eigenvalue weighted by Crippen LogP contribution is -2.44. The van der Waals surface area contributed by atoms with Crippen molar-refractivity contribution in [2.75, 3.05) is 0 Å². The van der Waals surface area contributed by atoms with Crippen LogP contribution < -0.4 is 0 Å². The zero-order valence-electron chi connectivity index (χ0n) is 12.8. The molecule has 0 radical (unpaired) electrons. The van der Waals surface area contributed by atoms with Crippen molar-refractivity contribution in [3.63, 3.8) is 0 Å². The molecule has 2 aromatic rings. The number of aliphatic carboxylic acids is 1. The minimum Gasteiger partial charge on any atom is -0.480 e. The lowest BCUT2D eigenvalue weighted by atomic mass is 10.2. The third kappa shape index (κ3) is 3.25. The van der Waals surface area contributed by atoms with Crippen LogP contribution in [-0.2, 0) is 4.79 Å². The van der Waals surface area contributed by atoms with Gasteiger partial charge in [0.15, 0.2) is 5.69 Å². The Labute approximate surface area is 148 Å². The molecule has 24 heavy (non-hydrogen) atoms. The predicted octanol–water partition coefficient (Wildman–Crippen LogP) is 3.26.